The Kier molecular flexibility index (Phi) is 9.62. The summed E-state index contributed by atoms with van der Waals surface area (Å²) in [4.78, 5) is 27.4. The van der Waals surface area contributed by atoms with Gasteiger partial charge in [0.15, 0.2) is 34.9 Å². The van der Waals surface area contributed by atoms with Crippen molar-refractivity contribution in [3.8, 4) is 68.3 Å². The highest BCUT2D eigenvalue weighted by atomic mass is 19.4. The van der Waals surface area contributed by atoms with Gasteiger partial charge in [-0.2, -0.15) is 26.3 Å². The first-order chi connectivity index (χ1) is 27.5. The molecule has 57 heavy (non-hydrogen) atoms. The first-order valence-electron chi connectivity index (χ1n) is 17.6. The molecule has 0 saturated heterocycles. The van der Waals surface area contributed by atoms with E-state index in [9.17, 15) is 0 Å². The van der Waals surface area contributed by atoms with Gasteiger partial charge in [-0.15, -0.1) is 0 Å². The zero-order chi connectivity index (χ0) is 39.6. The van der Waals surface area contributed by atoms with Crippen LogP contribution in [0.5, 0.6) is 0 Å². The topological polar surface area (TPSA) is 77.3 Å². The maximum atomic E-state index is 15.3. The number of benzene rings is 6. The summed E-state index contributed by atoms with van der Waals surface area (Å²) in [6.07, 6.45) is -11.6. The van der Waals surface area contributed by atoms with Crippen LogP contribution in [-0.4, -0.2) is 42.3 Å². The van der Waals surface area contributed by atoms with E-state index < -0.39 is 28.9 Å². The van der Waals surface area contributed by atoms with Gasteiger partial charge in [0.25, 0.3) is 0 Å². The number of rotatable bonds is 8. The average Bonchev–Trinajstić information content (AvgIpc) is 3.24. The molecule has 0 aliphatic rings. The zero-order valence-electron chi connectivity index (χ0n) is 29.6. The summed E-state index contributed by atoms with van der Waals surface area (Å²) < 4.78 is 91.6. The van der Waals surface area contributed by atoms with Crippen molar-refractivity contribution in [2.24, 2.45) is 0 Å². The van der Waals surface area contributed by atoms with Crippen molar-refractivity contribution in [3.63, 3.8) is 0 Å². The maximum absolute atomic E-state index is 15.3. The molecule has 12 heteroatoms. The van der Waals surface area contributed by atoms with E-state index in [1.807, 2.05) is 24.3 Å². The molecule has 0 aliphatic carbocycles. The lowest BCUT2D eigenvalue weighted by Gasteiger charge is -2.38. The van der Waals surface area contributed by atoms with Gasteiger partial charge in [0, 0.05) is 33.4 Å². The number of aromatic nitrogens is 6. The second kappa shape index (κ2) is 14.9. The largest absolute Gasteiger partial charge is 0.411 e. The van der Waals surface area contributed by atoms with Gasteiger partial charge in [-0.1, -0.05) is 170 Å². The van der Waals surface area contributed by atoms with Gasteiger partial charge in [-0.05, 0) is 11.1 Å². The van der Waals surface area contributed by atoms with Gasteiger partial charge in [0.1, 0.15) is 0 Å². The van der Waals surface area contributed by atoms with Crippen molar-refractivity contribution in [3.05, 3.63) is 181 Å². The van der Waals surface area contributed by atoms with E-state index in [-0.39, 0.29) is 46.1 Å². The predicted octanol–water partition coefficient (Wildman–Crippen LogP) is 11.5. The third kappa shape index (κ3) is 7.13. The van der Waals surface area contributed by atoms with Crippen LogP contribution in [0, 0.1) is 0 Å². The Morgan fingerprint density at radius 1 is 0.246 bits per heavy atom. The van der Waals surface area contributed by atoms with Crippen molar-refractivity contribution in [2.45, 2.75) is 17.8 Å². The Labute approximate surface area is 322 Å². The van der Waals surface area contributed by atoms with Crippen molar-refractivity contribution in [1.82, 2.24) is 29.9 Å². The summed E-state index contributed by atoms with van der Waals surface area (Å²) in [6.45, 7) is 0. The van der Waals surface area contributed by atoms with Crippen LogP contribution in [0.15, 0.2) is 170 Å². The van der Waals surface area contributed by atoms with E-state index in [1.165, 1.54) is 0 Å². The highest BCUT2D eigenvalue weighted by molar-refractivity contribution is 5.69. The van der Waals surface area contributed by atoms with E-state index in [0.717, 1.165) is 48.5 Å². The lowest BCUT2D eigenvalue weighted by Crippen LogP contribution is -2.54. The standard InChI is InChI=1S/C45H28F6N6/c46-44(47,48)43(45(49,50)51,35-25-21-33(22-26-35)41-54-37(29-13-5-1-6-14-29)52-38(55-41)30-15-7-2-8-16-30)36-27-23-34(24-28-36)42-56-39(31-17-9-3-10-18-31)53-40(57-42)32-19-11-4-12-20-32/h1-28H. The molecule has 0 radical (unpaired) electrons. The molecule has 2 heterocycles. The van der Waals surface area contributed by atoms with Crippen LogP contribution in [-0.2, 0) is 5.41 Å². The van der Waals surface area contributed by atoms with Crippen molar-refractivity contribution in [1.29, 1.82) is 0 Å². The summed E-state index contributed by atoms with van der Waals surface area (Å²) in [7, 11) is 0. The summed E-state index contributed by atoms with van der Waals surface area (Å²) in [5.74, 6) is 1.29. The van der Waals surface area contributed by atoms with E-state index in [4.69, 9.17) is 0 Å². The Hall–Kier alpha value is -7.08. The van der Waals surface area contributed by atoms with Crippen molar-refractivity contribution < 1.29 is 26.3 Å². The second-order valence-corrected chi connectivity index (χ2v) is 13.0. The molecule has 6 aromatic carbocycles. The zero-order valence-corrected chi connectivity index (χ0v) is 29.6. The van der Waals surface area contributed by atoms with E-state index in [1.54, 1.807) is 97.1 Å². The highest BCUT2D eigenvalue weighted by Crippen LogP contribution is 2.56. The molecule has 0 unspecified atom stereocenters. The minimum absolute atomic E-state index is 0.0744. The Bertz CT molecular complexity index is 2320. The minimum atomic E-state index is -5.81. The van der Waals surface area contributed by atoms with E-state index in [0.29, 0.717) is 22.3 Å². The van der Waals surface area contributed by atoms with Crippen LogP contribution in [0.2, 0.25) is 0 Å². The van der Waals surface area contributed by atoms with Crippen LogP contribution >= 0.6 is 0 Å². The van der Waals surface area contributed by atoms with Crippen LogP contribution in [0.1, 0.15) is 11.1 Å². The number of halogens is 6. The fourth-order valence-corrected chi connectivity index (χ4v) is 6.60. The molecule has 0 atom stereocenters. The number of alkyl halides is 6. The lowest BCUT2D eigenvalue weighted by molar-refractivity contribution is -0.288. The van der Waals surface area contributed by atoms with Gasteiger partial charge >= 0.3 is 12.4 Å². The molecular weight excluding hydrogens is 739 g/mol. The second-order valence-electron chi connectivity index (χ2n) is 13.0. The molecule has 2 aromatic heterocycles. The molecule has 0 fully saturated rings. The fourth-order valence-electron chi connectivity index (χ4n) is 6.60. The molecule has 0 amide bonds. The van der Waals surface area contributed by atoms with Crippen LogP contribution in [0.4, 0.5) is 26.3 Å². The molecular formula is C45H28F6N6. The summed E-state index contributed by atoms with van der Waals surface area (Å²) >= 11 is 0. The molecule has 0 saturated carbocycles. The van der Waals surface area contributed by atoms with Crippen LogP contribution in [0.25, 0.3) is 68.3 Å². The fraction of sp³-hybridized carbons (Fsp3) is 0.0667. The smallest absolute Gasteiger partial charge is 0.208 e. The SMILES string of the molecule is FC(F)(F)C(c1ccc(-c2nc(-c3ccccc3)nc(-c3ccccc3)n2)cc1)(c1ccc(-c2nc(-c3ccccc3)nc(-c3ccccc3)n2)cc1)C(F)(F)F. The quantitative estimate of drug-likeness (QED) is 0.143. The average molecular weight is 767 g/mol. The molecule has 8 aromatic rings. The Balaban J connectivity index is 1.22. The minimum Gasteiger partial charge on any atom is -0.208 e. The number of hydrogen-bond acceptors (Lipinski definition) is 6. The van der Waals surface area contributed by atoms with E-state index in [2.05, 4.69) is 29.9 Å². The molecule has 0 bridgehead atoms. The normalized spacial score (nSPS) is 12.0. The predicted molar refractivity (Wildman–Crippen MR) is 205 cm³/mol. The molecule has 280 valence electrons. The van der Waals surface area contributed by atoms with Crippen LogP contribution < -0.4 is 0 Å². The van der Waals surface area contributed by atoms with Crippen molar-refractivity contribution >= 4 is 0 Å². The van der Waals surface area contributed by atoms with E-state index >= 15 is 26.3 Å². The maximum Gasteiger partial charge on any atom is 0.411 e. The van der Waals surface area contributed by atoms with Gasteiger partial charge in [0.2, 0.25) is 5.41 Å². The third-order valence-electron chi connectivity index (χ3n) is 9.40. The van der Waals surface area contributed by atoms with Gasteiger partial charge < -0.3 is 0 Å². The van der Waals surface area contributed by atoms with Crippen molar-refractivity contribution in [2.75, 3.05) is 0 Å². The summed E-state index contributed by atoms with van der Waals surface area (Å²) in [5.41, 5.74) is -3.47. The van der Waals surface area contributed by atoms with Gasteiger partial charge in [0.05, 0.1) is 0 Å². The highest BCUT2D eigenvalue weighted by Gasteiger charge is 2.72. The van der Waals surface area contributed by atoms with Crippen LogP contribution in [0.3, 0.4) is 0 Å². The molecule has 0 spiro atoms. The molecule has 0 aliphatic heterocycles. The first kappa shape index (κ1) is 36.9. The Morgan fingerprint density at radius 3 is 0.632 bits per heavy atom. The number of nitrogens with zero attached hydrogens (tertiary/aromatic N) is 6. The first-order valence-corrected chi connectivity index (χ1v) is 17.6. The lowest BCUT2D eigenvalue weighted by atomic mass is 9.72. The molecule has 0 N–H and O–H groups in total. The monoisotopic (exact) mass is 766 g/mol. The summed E-state index contributed by atoms with van der Waals surface area (Å²) in [5, 5.41) is 0. The molecule has 8 rings (SSSR count). The Morgan fingerprint density at radius 2 is 0.439 bits per heavy atom. The number of hydrogen-bond donors (Lipinski definition) is 0. The van der Waals surface area contributed by atoms with Gasteiger partial charge in [-0.25, -0.2) is 29.9 Å². The van der Waals surface area contributed by atoms with Gasteiger partial charge in [-0.3, -0.25) is 0 Å². The molecule has 6 nitrogen and oxygen atoms in total. The summed E-state index contributed by atoms with van der Waals surface area (Å²) in [6, 6.07) is 43.9. The third-order valence-corrected chi connectivity index (χ3v) is 9.40.